The first kappa shape index (κ1) is 49.6. The first-order chi connectivity index (χ1) is 26.5. The first-order valence-corrected chi connectivity index (χ1v) is 21.1. The third-order valence-corrected chi connectivity index (χ3v) is 10.3. The molecule has 2 rings (SSSR count). The Hall–Kier alpha value is -1.50. The molecule has 0 spiro atoms. The lowest BCUT2D eigenvalue weighted by Crippen LogP contribution is -2.61. The van der Waals surface area contributed by atoms with Gasteiger partial charge in [0.05, 0.1) is 19.8 Å². The van der Waals surface area contributed by atoms with Crippen molar-refractivity contribution < 1.29 is 73.8 Å². The lowest BCUT2D eigenvalue weighted by atomic mass is 9.98. The molecule has 0 aromatic heterocycles. The topological polar surface area (TPSA) is 231 Å². The van der Waals surface area contributed by atoms with Crippen LogP contribution in [0.1, 0.15) is 149 Å². The molecule has 2 fully saturated rings. The van der Waals surface area contributed by atoms with Gasteiger partial charge in [-0.3, -0.25) is 9.59 Å². The Balaban J connectivity index is 1.88. The summed E-state index contributed by atoms with van der Waals surface area (Å²) in [6.45, 7) is 2.51. The fourth-order valence-electron chi connectivity index (χ4n) is 6.74. The van der Waals surface area contributed by atoms with Crippen LogP contribution in [-0.4, -0.2) is 142 Å². The zero-order valence-electron chi connectivity index (χ0n) is 33.4. The van der Waals surface area contributed by atoms with E-state index in [4.69, 9.17) is 28.4 Å². The van der Waals surface area contributed by atoms with Crippen molar-refractivity contribution in [1.29, 1.82) is 0 Å². The van der Waals surface area contributed by atoms with Gasteiger partial charge < -0.3 is 64.2 Å². The molecule has 7 N–H and O–H groups in total. The molecule has 11 atom stereocenters. The van der Waals surface area contributed by atoms with E-state index in [0.29, 0.717) is 12.8 Å². The Bertz CT molecular complexity index is 986. The number of aliphatic hydroxyl groups excluding tert-OH is 7. The number of carbonyl (C=O) groups excluding carboxylic acids is 2. The molecule has 0 saturated carbocycles. The maximum atomic E-state index is 12.8. The second kappa shape index (κ2) is 29.7. The number of hydrogen-bond acceptors (Lipinski definition) is 15. The predicted molar refractivity (Wildman–Crippen MR) is 201 cm³/mol. The first-order valence-electron chi connectivity index (χ1n) is 21.1. The van der Waals surface area contributed by atoms with Crippen molar-refractivity contribution in [3.63, 3.8) is 0 Å². The zero-order valence-corrected chi connectivity index (χ0v) is 33.4. The van der Waals surface area contributed by atoms with E-state index < -0.39 is 92.7 Å². The number of ether oxygens (including phenoxy) is 6. The molecule has 11 unspecified atom stereocenters. The summed E-state index contributed by atoms with van der Waals surface area (Å²) in [7, 11) is 0. The summed E-state index contributed by atoms with van der Waals surface area (Å²) >= 11 is 0. The molecule has 0 radical (unpaired) electrons. The second-order valence-electron chi connectivity index (χ2n) is 15.2. The number of rotatable bonds is 31. The summed E-state index contributed by atoms with van der Waals surface area (Å²) in [6, 6.07) is 0. The van der Waals surface area contributed by atoms with Crippen LogP contribution >= 0.6 is 0 Å². The molecule has 2 aliphatic rings. The van der Waals surface area contributed by atoms with Gasteiger partial charge in [0, 0.05) is 12.8 Å². The molecule has 55 heavy (non-hydrogen) atoms. The number of aliphatic hydroxyl groups is 7. The Morgan fingerprint density at radius 3 is 1.42 bits per heavy atom. The van der Waals surface area contributed by atoms with E-state index in [1.165, 1.54) is 64.2 Å². The second-order valence-corrected chi connectivity index (χ2v) is 15.2. The molecular weight excluding hydrogens is 720 g/mol. The van der Waals surface area contributed by atoms with Crippen molar-refractivity contribution >= 4 is 11.9 Å². The predicted octanol–water partition coefficient (Wildman–Crippen LogP) is 3.31. The molecule has 15 heteroatoms. The number of esters is 2. The monoisotopic (exact) mass is 795 g/mol. The largest absolute Gasteiger partial charge is 0.462 e. The Labute approximate surface area is 328 Å². The SMILES string of the molecule is CCCCCCCCCCCCCCC(=O)OC(COC(=O)CCCCCCCCC)COC1OC(COC2OC(CO)C(O)C(O)C2O)C(O)C(O)C1O. The fourth-order valence-corrected chi connectivity index (χ4v) is 6.74. The number of unbranched alkanes of at least 4 members (excludes halogenated alkanes) is 17. The van der Waals surface area contributed by atoms with E-state index >= 15 is 0 Å². The molecule has 0 amide bonds. The minimum absolute atomic E-state index is 0.171. The highest BCUT2D eigenvalue weighted by molar-refractivity contribution is 5.70. The van der Waals surface area contributed by atoms with Crippen LogP contribution in [0.2, 0.25) is 0 Å². The molecule has 324 valence electrons. The molecule has 0 aromatic rings. The fraction of sp³-hybridized carbons (Fsp3) is 0.950. The van der Waals surface area contributed by atoms with Crippen LogP contribution in [0.4, 0.5) is 0 Å². The van der Waals surface area contributed by atoms with Gasteiger partial charge in [-0.2, -0.15) is 0 Å². The summed E-state index contributed by atoms with van der Waals surface area (Å²) in [5, 5.41) is 71.6. The van der Waals surface area contributed by atoms with Crippen LogP contribution in [0.15, 0.2) is 0 Å². The molecule has 2 heterocycles. The van der Waals surface area contributed by atoms with Crippen molar-refractivity contribution in [2.75, 3.05) is 26.4 Å². The maximum absolute atomic E-state index is 12.8. The lowest BCUT2D eigenvalue weighted by molar-refractivity contribution is -0.332. The van der Waals surface area contributed by atoms with E-state index in [1.807, 2.05) is 0 Å². The quantitative estimate of drug-likeness (QED) is 0.0394. The van der Waals surface area contributed by atoms with Crippen molar-refractivity contribution in [2.24, 2.45) is 0 Å². The van der Waals surface area contributed by atoms with Crippen LogP contribution in [0.3, 0.4) is 0 Å². The zero-order chi connectivity index (χ0) is 40.4. The van der Waals surface area contributed by atoms with Gasteiger partial charge >= 0.3 is 11.9 Å². The van der Waals surface area contributed by atoms with Gasteiger partial charge in [0.25, 0.3) is 0 Å². The Morgan fingerprint density at radius 2 is 0.927 bits per heavy atom. The molecular formula is C40H74O15. The van der Waals surface area contributed by atoms with Crippen LogP contribution in [0, 0.1) is 0 Å². The minimum Gasteiger partial charge on any atom is -0.462 e. The van der Waals surface area contributed by atoms with E-state index in [-0.39, 0.29) is 26.1 Å². The van der Waals surface area contributed by atoms with E-state index in [1.54, 1.807) is 0 Å². The van der Waals surface area contributed by atoms with Crippen molar-refractivity contribution in [2.45, 2.75) is 216 Å². The normalized spacial score (nSPS) is 28.9. The maximum Gasteiger partial charge on any atom is 0.306 e. The van der Waals surface area contributed by atoms with Crippen molar-refractivity contribution in [3.05, 3.63) is 0 Å². The molecule has 0 aliphatic carbocycles. The third-order valence-electron chi connectivity index (χ3n) is 10.3. The molecule has 0 bridgehead atoms. The van der Waals surface area contributed by atoms with Gasteiger partial charge in [-0.25, -0.2) is 0 Å². The van der Waals surface area contributed by atoms with Gasteiger partial charge in [0.15, 0.2) is 18.7 Å². The highest BCUT2D eigenvalue weighted by atomic mass is 16.7. The van der Waals surface area contributed by atoms with Gasteiger partial charge in [0.1, 0.15) is 55.4 Å². The number of hydrogen-bond donors (Lipinski definition) is 7. The molecule has 2 aliphatic heterocycles. The van der Waals surface area contributed by atoms with E-state index in [0.717, 1.165) is 44.9 Å². The Kier molecular flexibility index (Phi) is 26.8. The van der Waals surface area contributed by atoms with E-state index in [9.17, 15) is 45.3 Å². The molecule has 0 aromatic carbocycles. The highest BCUT2D eigenvalue weighted by Crippen LogP contribution is 2.26. The summed E-state index contributed by atoms with van der Waals surface area (Å²) < 4.78 is 33.3. The minimum atomic E-state index is -1.76. The van der Waals surface area contributed by atoms with Crippen LogP contribution in [-0.2, 0) is 38.0 Å². The smallest absolute Gasteiger partial charge is 0.306 e. The highest BCUT2D eigenvalue weighted by Gasteiger charge is 2.47. The average Bonchev–Trinajstić information content (AvgIpc) is 3.18. The average molecular weight is 795 g/mol. The summed E-state index contributed by atoms with van der Waals surface area (Å²) in [6.07, 6.45) is 4.69. The summed E-state index contributed by atoms with van der Waals surface area (Å²) in [5.74, 6) is -0.927. The summed E-state index contributed by atoms with van der Waals surface area (Å²) in [4.78, 5) is 25.4. The van der Waals surface area contributed by atoms with Gasteiger partial charge in [-0.1, -0.05) is 123 Å². The van der Waals surface area contributed by atoms with Crippen LogP contribution < -0.4 is 0 Å². The molecule has 2 saturated heterocycles. The van der Waals surface area contributed by atoms with Gasteiger partial charge in [0.2, 0.25) is 0 Å². The van der Waals surface area contributed by atoms with Crippen molar-refractivity contribution in [1.82, 2.24) is 0 Å². The van der Waals surface area contributed by atoms with E-state index in [2.05, 4.69) is 13.8 Å². The summed E-state index contributed by atoms with van der Waals surface area (Å²) in [5.41, 5.74) is 0. The lowest BCUT2D eigenvalue weighted by Gasteiger charge is -2.42. The molecule has 15 nitrogen and oxygen atoms in total. The van der Waals surface area contributed by atoms with Gasteiger partial charge in [-0.05, 0) is 12.8 Å². The van der Waals surface area contributed by atoms with Gasteiger partial charge in [-0.15, -0.1) is 0 Å². The standard InChI is InChI=1S/C40H74O15/c1-3-5-7-9-11-12-13-14-15-17-19-21-23-32(43)53-28(25-50-31(42)22-20-18-16-10-8-6-4-2)26-51-39-38(49)36(47)34(45)30(55-39)27-52-40-37(48)35(46)33(44)29(24-41)54-40/h28-30,33-41,44-49H,3-27H2,1-2H3. The van der Waals surface area contributed by atoms with Crippen LogP contribution in [0.5, 0.6) is 0 Å². The van der Waals surface area contributed by atoms with Crippen molar-refractivity contribution in [3.8, 4) is 0 Å². The van der Waals surface area contributed by atoms with Crippen LogP contribution in [0.25, 0.3) is 0 Å². The third kappa shape index (κ3) is 19.7. The Morgan fingerprint density at radius 1 is 0.509 bits per heavy atom. The number of carbonyl (C=O) groups is 2.